The molecule has 2 fully saturated rings. The van der Waals surface area contributed by atoms with Crippen molar-refractivity contribution in [2.24, 2.45) is 38.2 Å². The lowest BCUT2D eigenvalue weighted by Crippen LogP contribution is -2.40. The highest BCUT2D eigenvalue weighted by Crippen LogP contribution is 2.38. The normalized spacial score (nSPS) is 17.0. The molecule has 2 saturated heterocycles. The molecule has 6 aromatic heterocycles. The number of aromatic nitrogens is 6. The van der Waals surface area contributed by atoms with E-state index >= 15 is 0 Å². The first-order valence-electron chi connectivity index (χ1n) is 22.0. The number of aliphatic hydroxyl groups is 4. The van der Waals surface area contributed by atoms with Crippen LogP contribution in [0.2, 0.25) is 0 Å². The summed E-state index contributed by atoms with van der Waals surface area (Å²) in [6, 6.07) is 26.8. The Morgan fingerprint density at radius 1 is 0.413 bits per heavy atom. The molecule has 0 aromatic carbocycles. The summed E-state index contributed by atoms with van der Waals surface area (Å²) in [5.41, 5.74) is 15.0. The Hall–Kier alpha value is -6.35. The smallest absolute Gasteiger partial charge is 0.169 e. The summed E-state index contributed by atoms with van der Waals surface area (Å²) in [6.45, 7) is 4.50. The van der Waals surface area contributed by atoms with Crippen LogP contribution in [0.4, 0.5) is 0 Å². The second-order valence-electron chi connectivity index (χ2n) is 16.8. The van der Waals surface area contributed by atoms with Crippen LogP contribution in [-0.4, -0.2) is 70.1 Å². The number of fused-ring (bicyclic) bond motifs is 2. The van der Waals surface area contributed by atoms with Crippen LogP contribution in [0, 0.1) is 0 Å². The number of hydrogen-bond donors (Lipinski definition) is 0. The third kappa shape index (κ3) is 8.21. The van der Waals surface area contributed by atoms with Crippen molar-refractivity contribution >= 4 is 49.4 Å². The van der Waals surface area contributed by atoms with Crippen molar-refractivity contribution in [3.05, 3.63) is 202 Å². The average Bonchev–Trinajstić information content (AvgIpc) is 4.17. The molecule has 63 heavy (non-hydrogen) atoms. The van der Waals surface area contributed by atoms with Crippen LogP contribution in [0.25, 0.3) is 22.3 Å². The maximum absolute atomic E-state index is 5.48. The number of rotatable bonds is 4. The van der Waals surface area contributed by atoms with Gasteiger partial charge in [0.15, 0.2) is 49.6 Å². The third-order valence-electron chi connectivity index (χ3n) is 12.2. The van der Waals surface area contributed by atoms with Crippen LogP contribution >= 0.6 is 0 Å². The van der Waals surface area contributed by atoms with E-state index in [0.717, 1.165) is 116 Å². The second-order valence-corrected chi connectivity index (χ2v) is 18.0. The van der Waals surface area contributed by atoms with Gasteiger partial charge in [0.25, 0.3) is 0 Å². The monoisotopic (exact) mass is 849 g/mol. The van der Waals surface area contributed by atoms with Gasteiger partial charge in [-0.25, -0.2) is 28.3 Å². The van der Waals surface area contributed by atoms with Gasteiger partial charge in [0.1, 0.15) is 54.6 Å². The van der Waals surface area contributed by atoms with E-state index in [1.165, 1.54) is 25.7 Å². The fourth-order valence-electron chi connectivity index (χ4n) is 8.85. The van der Waals surface area contributed by atoms with E-state index in [1.54, 1.807) is 0 Å². The Balaban J connectivity index is 0.000000417. The van der Waals surface area contributed by atoms with Crippen molar-refractivity contribution in [3.8, 4) is 0 Å². The summed E-state index contributed by atoms with van der Waals surface area (Å²) in [4.78, 5) is 11.0. The van der Waals surface area contributed by atoms with Gasteiger partial charge in [0.2, 0.25) is 0 Å². The zero-order valence-corrected chi connectivity index (χ0v) is 37.7. The third-order valence-corrected chi connectivity index (χ3v) is 13.8. The summed E-state index contributed by atoms with van der Waals surface area (Å²) in [6.07, 6.45) is 31.0. The van der Waals surface area contributed by atoms with Crippen molar-refractivity contribution in [1.82, 2.24) is 7.10 Å². The molecular weight excluding hydrogens is 796 g/mol. The Morgan fingerprint density at radius 3 is 1.06 bits per heavy atom. The molecule has 6 aliphatic rings. The zero-order chi connectivity index (χ0) is 42.9. The highest BCUT2D eigenvalue weighted by atomic mass is 27.1. The number of pyridine rings is 4. The van der Waals surface area contributed by atoms with E-state index in [1.807, 2.05) is 0 Å². The van der Waals surface area contributed by atoms with E-state index in [-0.39, 0.29) is 0 Å². The number of ether oxygens (including phenoxy) is 2. The largest absolute Gasteiger partial charge is 0.594 e. The summed E-state index contributed by atoms with van der Waals surface area (Å²) in [5.74, 6) is 0. The Labute approximate surface area is 375 Å². The summed E-state index contributed by atoms with van der Waals surface area (Å²) in [5, 5.41) is 2.27. The minimum absolute atomic E-state index is 0.574. The van der Waals surface area contributed by atoms with Crippen molar-refractivity contribution < 1.29 is 27.7 Å². The predicted octanol–water partition coefficient (Wildman–Crippen LogP) is 3.10. The van der Waals surface area contributed by atoms with Crippen molar-refractivity contribution in [2.45, 2.75) is 25.7 Å². The number of nitrogens with zero attached hydrogens (tertiary/aromatic N) is 8. The minimum atomic E-state index is -0.574. The molecule has 10 nitrogen and oxygen atoms in total. The molecule has 0 amide bonds. The SMILES string of the molecule is C1CC[OH+]C1.C1CC[OH+]C1.C[n+]1ccc(C2=C3C=CC(=N3)C(c3cc[n+](C)cc3)=c3ccc4[n]3[Al-][n]3c2ccc3C(c2cc[n+](C)cc2)=C2C=CC(=N2)C=4c2cc[n+](C)cc2)cc1. The summed E-state index contributed by atoms with van der Waals surface area (Å²) < 4.78 is 21.6. The van der Waals surface area contributed by atoms with E-state index < -0.39 is 15.7 Å². The lowest BCUT2D eigenvalue weighted by Gasteiger charge is -2.33. The lowest BCUT2D eigenvalue weighted by atomic mass is 10.0. The van der Waals surface area contributed by atoms with Gasteiger partial charge in [0, 0.05) is 96.5 Å². The molecule has 12 rings (SSSR count). The highest BCUT2D eigenvalue weighted by molar-refractivity contribution is 6.37. The summed E-state index contributed by atoms with van der Waals surface area (Å²) >= 11 is -0.574. The van der Waals surface area contributed by atoms with Gasteiger partial charge in [-0.3, -0.25) is 0 Å². The molecule has 11 heteroatoms. The molecule has 12 heterocycles. The molecule has 0 saturated carbocycles. The Kier molecular flexibility index (Phi) is 11.5. The van der Waals surface area contributed by atoms with Crippen LogP contribution in [0.3, 0.4) is 0 Å². The number of aliphatic imine (C=N–C) groups is 2. The molecule has 2 radical (unpaired) electrons. The van der Waals surface area contributed by atoms with Crippen LogP contribution in [-0.2, 0) is 28.2 Å². The van der Waals surface area contributed by atoms with Gasteiger partial charge in [0.05, 0.1) is 38.5 Å². The molecule has 6 aliphatic heterocycles. The average molecular weight is 850 g/mol. The number of allylic oxidation sites excluding steroid dienone is 4. The molecular formula is C52H54AlN8O2+5. The first kappa shape index (κ1) is 40.7. The van der Waals surface area contributed by atoms with Crippen LogP contribution in [0.15, 0.2) is 168 Å². The standard InChI is InChI=1S/C44H36N8.2C4H8O.Al/c1-49-21-13-29(14-22-49)41-33-5-7-35(45-33)42(30-15-23-50(2)24-16-30)37-9-11-39(47-37)44(32-19-27-52(4)28-20-32)40-12-10-38(48-40)43(36-8-6-34(41)46-36)31-17-25-51(3)26-18-31;2*1-2-4-5-3-1;/h5-28H,1-4H3;2*1-4H2;/q+2;;;+1/p+2. The van der Waals surface area contributed by atoms with E-state index in [9.17, 15) is 0 Å². The molecule has 6 bridgehead atoms. The quantitative estimate of drug-likeness (QED) is 0.149. The Bertz CT molecular complexity index is 2810. The van der Waals surface area contributed by atoms with Gasteiger partial charge in [-0.15, -0.1) is 0 Å². The highest BCUT2D eigenvalue weighted by Gasteiger charge is 2.26. The van der Waals surface area contributed by atoms with Gasteiger partial charge in [-0.2, -0.15) is 0 Å². The second kappa shape index (κ2) is 17.8. The minimum Gasteiger partial charge on any atom is -0.594 e. The van der Waals surface area contributed by atoms with Crippen molar-refractivity contribution in [3.63, 3.8) is 0 Å². The molecule has 0 atom stereocenters. The van der Waals surface area contributed by atoms with Crippen LogP contribution < -0.4 is 29.0 Å². The number of aryl methyl sites for hydroxylation is 4. The molecule has 0 unspecified atom stereocenters. The van der Waals surface area contributed by atoms with Crippen LogP contribution in [0.5, 0.6) is 0 Å². The van der Waals surface area contributed by atoms with Gasteiger partial charge in [-0.1, -0.05) is 0 Å². The van der Waals surface area contributed by atoms with Gasteiger partial charge >= 0.3 is 0 Å². The molecule has 2 N–H and O–H groups in total. The van der Waals surface area contributed by atoms with Crippen molar-refractivity contribution in [1.29, 1.82) is 0 Å². The molecule has 312 valence electrons. The van der Waals surface area contributed by atoms with Gasteiger partial charge < -0.3 is 16.6 Å². The zero-order valence-electron chi connectivity index (χ0n) is 36.6. The lowest BCUT2D eigenvalue weighted by molar-refractivity contribution is -0.671. The fourth-order valence-corrected chi connectivity index (χ4v) is 10.4. The fraction of sp³-hybridized carbons (Fsp3) is 0.231. The first-order valence-corrected chi connectivity index (χ1v) is 23.1. The van der Waals surface area contributed by atoms with Crippen LogP contribution in [0.1, 0.15) is 59.3 Å². The van der Waals surface area contributed by atoms with E-state index in [0.29, 0.717) is 0 Å². The first-order chi connectivity index (χ1) is 30.9. The Morgan fingerprint density at radius 2 is 0.746 bits per heavy atom. The maximum Gasteiger partial charge on any atom is 0.169 e. The molecule has 0 aliphatic carbocycles. The number of hydrogen-bond acceptors (Lipinski definition) is 2. The van der Waals surface area contributed by atoms with Gasteiger partial charge in [-0.05, 0) is 92.9 Å². The summed E-state index contributed by atoms with van der Waals surface area (Å²) in [7, 11) is 8.24. The topological polar surface area (TPSA) is 75.7 Å². The maximum atomic E-state index is 5.48. The molecule has 0 spiro atoms. The van der Waals surface area contributed by atoms with Crippen molar-refractivity contribution in [2.75, 3.05) is 26.4 Å². The molecule has 6 aromatic rings. The van der Waals surface area contributed by atoms with E-state index in [4.69, 9.17) is 9.98 Å². The van der Waals surface area contributed by atoms with E-state index in [2.05, 4.69) is 210 Å². The predicted molar refractivity (Wildman–Crippen MR) is 248 cm³/mol.